The molecule has 0 radical (unpaired) electrons. The van der Waals surface area contributed by atoms with Gasteiger partial charge in [0.25, 0.3) is 0 Å². The minimum absolute atomic E-state index is 0.332. The lowest BCUT2D eigenvalue weighted by molar-refractivity contribution is 0.152. The summed E-state index contributed by atoms with van der Waals surface area (Å²) in [5, 5.41) is 6.12. The number of hydrogen-bond donors (Lipinski definition) is 2. The van der Waals surface area contributed by atoms with Gasteiger partial charge >= 0.3 is 6.09 Å². The molecule has 0 bridgehead atoms. The third-order valence-electron chi connectivity index (χ3n) is 2.99. The number of carbonyl (C=O) groups is 1. The molecule has 1 saturated heterocycles. The molecule has 5 heteroatoms. The molecular weight excluding hydrogens is 206 g/mol. The monoisotopic (exact) mass is 229 g/mol. The van der Waals surface area contributed by atoms with Crippen molar-refractivity contribution >= 4 is 6.09 Å². The lowest BCUT2D eigenvalue weighted by Gasteiger charge is -2.13. The molecular formula is C11H23N3O2. The standard InChI is InChI=1S/C11H23N3O2/c1-4-16-11(15)13-6-5-12-10-7-9(2)14(3)8-10/h9-10,12H,4-8H2,1-3H3,(H,13,15). The molecule has 1 fully saturated rings. The number of likely N-dealkylation sites (tertiary alicyclic amines) is 1. The van der Waals surface area contributed by atoms with Crippen molar-refractivity contribution in [2.45, 2.75) is 32.4 Å². The van der Waals surface area contributed by atoms with Gasteiger partial charge in [-0.25, -0.2) is 4.79 Å². The van der Waals surface area contributed by atoms with Gasteiger partial charge in [0.1, 0.15) is 0 Å². The highest BCUT2D eigenvalue weighted by Gasteiger charge is 2.25. The van der Waals surface area contributed by atoms with Gasteiger partial charge in [0.05, 0.1) is 6.61 Å². The van der Waals surface area contributed by atoms with E-state index in [1.165, 1.54) is 6.42 Å². The van der Waals surface area contributed by atoms with Crippen LogP contribution in [-0.4, -0.2) is 56.4 Å². The summed E-state index contributed by atoms with van der Waals surface area (Å²) in [7, 11) is 2.14. The van der Waals surface area contributed by atoms with Crippen LogP contribution in [0, 0.1) is 0 Å². The Morgan fingerprint density at radius 3 is 2.81 bits per heavy atom. The largest absolute Gasteiger partial charge is 0.450 e. The average Bonchev–Trinajstić information content (AvgIpc) is 2.54. The molecule has 0 spiro atoms. The Kier molecular flexibility index (Phi) is 5.55. The van der Waals surface area contributed by atoms with Crippen molar-refractivity contribution in [3.05, 3.63) is 0 Å². The van der Waals surface area contributed by atoms with E-state index >= 15 is 0 Å². The number of rotatable bonds is 5. The van der Waals surface area contributed by atoms with E-state index in [4.69, 9.17) is 4.74 Å². The first kappa shape index (κ1) is 13.3. The predicted octanol–water partition coefficient (Wildman–Crippen LogP) is 0.415. The summed E-state index contributed by atoms with van der Waals surface area (Å²) in [5.41, 5.74) is 0. The second-order valence-corrected chi connectivity index (χ2v) is 4.32. The van der Waals surface area contributed by atoms with Gasteiger partial charge in [0.2, 0.25) is 0 Å². The molecule has 1 rings (SSSR count). The van der Waals surface area contributed by atoms with Crippen LogP contribution >= 0.6 is 0 Å². The molecule has 2 N–H and O–H groups in total. The van der Waals surface area contributed by atoms with E-state index in [-0.39, 0.29) is 6.09 Å². The zero-order valence-corrected chi connectivity index (χ0v) is 10.5. The number of nitrogens with one attached hydrogen (secondary N) is 2. The molecule has 16 heavy (non-hydrogen) atoms. The Morgan fingerprint density at radius 1 is 1.50 bits per heavy atom. The second-order valence-electron chi connectivity index (χ2n) is 4.32. The Morgan fingerprint density at radius 2 is 2.25 bits per heavy atom. The van der Waals surface area contributed by atoms with Gasteiger partial charge in [0.15, 0.2) is 0 Å². The van der Waals surface area contributed by atoms with Gasteiger partial charge < -0.3 is 20.3 Å². The molecule has 1 heterocycles. The molecule has 94 valence electrons. The van der Waals surface area contributed by atoms with Crippen LogP contribution in [0.15, 0.2) is 0 Å². The summed E-state index contributed by atoms with van der Waals surface area (Å²) in [6.45, 7) is 6.95. The van der Waals surface area contributed by atoms with Crippen LogP contribution in [0.2, 0.25) is 0 Å². The topological polar surface area (TPSA) is 53.6 Å². The summed E-state index contributed by atoms with van der Waals surface area (Å²) < 4.78 is 4.76. The highest BCUT2D eigenvalue weighted by molar-refractivity contribution is 5.66. The maximum absolute atomic E-state index is 11.0. The summed E-state index contributed by atoms with van der Waals surface area (Å²) in [4.78, 5) is 13.3. The smallest absolute Gasteiger partial charge is 0.407 e. The van der Waals surface area contributed by atoms with Gasteiger partial charge in [-0.15, -0.1) is 0 Å². The maximum Gasteiger partial charge on any atom is 0.407 e. The van der Waals surface area contributed by atoms with Crippen LogP contribution in [0.1, 0.15) is 20.3 Å². The minimum Gasteiger partial charge on any atom is -0.450 e. The zero-order valence-electron chi connectivity index (χ0n) is 10.5. The van der Waals surface area contributed by atoms with E-state index in [1.54, 1.807) is 6.92 Å². The maximum atomic E-state index is 11.0. The Balaban J connectivity index is 2.02. The molecule has 1 aliphatic heterocycles. The van der Waals surface area contributed by atoms with Gasteiger partial charge in [-0.05, 0) is 27.3 Å². The van der Waals surface area contributed by atoms with E-state index in [9.17, 15) is 4.79 Å². The van der Waals surface area contributed by atoms with Crippen molar-refractivity contribution in [1.29, 1.82) is 0 Å². The van der Waals surface area contributed by atoms with E-state index in [0.29, 0.717) is 25.2 Å². The van der Waals surface area contributed by atoms with Gasteiger partial charge in [-0.1, -0.05) is 0 Å². The van der Waals surface area contributed by atoms with Crippen LogP contribution in [-0.2, 0) is 4.74 Å². The van der Waals surface area contributed by atoms with Crippen molar-refractivity contribution in [2.24, 2.45) is 0 Å². The van der Waals surface area contributed by atoms with E-state index < -0.39 is 0 Å². The lowest BCUT2D eigenvalue weighted by atomic mass is 10.2. The predicted molar refractivity (Wildman–Crippen MR) is 63.5 cm³/mol. The van der Waals surface area contributed by atoms with E-state index in [2.05, 4.69) is 29.5 Å². The first-order valence-electron chi connectivity index (χ1n) is 5.97. The molecule has 2 atom stereocenters. The van der Waals surface area contributed by atoms with Crippen LogP contribution < -0.4 is 10.6 Å². The fourth-order valence-corrected chi connectivity index (χ4v) is 1.96. The van der Waals surface area contributed by atoms with Gasteiger partial charge in [-0.2, -0.15) is 0 Å². The fraction of sp³-hybridized carbons (Fsp3) is 0.909. The van der Waals surface area contributed by atoms with Crippen molar-refractivity contribution in [2.75, 3.05) is 33.3 Å². The first-order chi connectivity index (χ1) is 7.63. The lowest BCUT2D eigenvalue weighted by Crippen LogP contribution is -2.38. The Labute approximate surface area is 97.5 Å². The highest BCUT2D eigenvalue weighted by atomic mass is 16.5. The SMILES string of the molecule is CCOC(=O)NCCNC1CC(C)N(C)C1. The number of alkyl carbamates (subject to hydrolysis) is 1. The van der Waals surface area contributed by atoms with Gasteiger partial charge in [0, 0.05) is 31.7 Å². The average molecular weight is 229 g/mol. The summed E-state index contributed by atoms with van der Waals surface area (Å²) >= 11 is 0. The number of hydrogen-bond acceptors (Lipinski definition) is 4. The molecule has 1 amide bonds. The Bertz CT molecular complexity index is 213. The quantitative estimate of drug-likeness (QED) is 0.671. The highest BCUT2D eigenvalue weighted by Crippen LogP contribution is 2.14. The molecule has 0 aromatic carbocycles. The van der Waals surface area contributed by atoms with Crippen LogP contribution in [0.4, 0.5) is 4.79 Å². The number of amides is 1. The van der Waals surface area contributed by atoms with Crippen molar-refractivity contribution < 1.29 is 9.53 Å². The molecule has 2 unspecified atom stereocenters. The molecule has 0 saturated carbocycles. The molecule has 0 aliphatic carbocycles. The summed E-state index contributed by atoms with van der Waals surface area (Å²) in [5.74, 6) is 0. The van der Waals surface area contributed by atoms with Crippen molar-refractivity contribution in [3.63, 3.8) is 0 Å². The van der Waals surface area contributed by atoms with Crippen LogP contribution in [0.25, 0.3) is 0 Å². The minimum atomic E-state index is -0.332. The third kappa shape index (κ3) is 4.37. The summed E-state index contributed by atoms with van der Waals surface area (Å²) in [6, 6.07) is 1.19. The zero-order chi connectivity index (χ0) is 12.0. The van der Waals surface area contributed by atoms with E-state index in [1.807, 2.05) is 0 Å². The fourth-order valence-electron chi connectivity index (χ4n) is 1.96. The normalized spacial score (nSPS) is 25.7. The first-order valence-corrected chi connectivity index (χ1v) is 5.97. The summed E-state index contributed by atoms with van der Waals surface area (Å²) in [6.07, 6.45) is 0.844. The van der Waals surface area contributed by atoms with Crippen LogP contribution in [0.3, 0.4) is 0 Å². The van der Waals surface area contributed by atoms with Crippen molar-refractivity contribution in [3.8, 4) is 0 Å². The molecule has 5 nitrogen and oxygen atoms in total. The number of likely N-dealkylation sites (N-methyl/N-ethyl adjacent to an activating group) is 1. The third-order valence-corrected chi connectivity index (χ3v) is 2.99. The second kappa shape index (κ2) is 6.70. The molecule has 1 aliphatic rings. The number of ether oxygens (including phenoxy) is 1. The Hall–Kier alpha value is -0.810. The molecule has 0 aromatic heterocycles. The number of carbonyl (C=O) groups excluding carboxylic acids is 1. The number of nitrogens with zero attached hydrogens (tertiary/aromatic N) is 1. The van der Waals surface area contributed by atoms with Crippen molar-refractivity contribution in [1.82, 2.24) is 15.5 Å². The van der Waals surface area contributed by atoms with E-state index in [0.717, 1.165) is 13.1 Å². The van der Waals surface area contributed by atoms with Crippen LogP contribution in [0.5, 0.6) is 0 Å². The molecule has 0 aromatic rings. The van der Waals surface area contributed by atoms with Gasteiger partial charge in [-0.3, -0.25) is 0 Å².